The Morgan fingerprint density at radius 3 is 2.36 bits per heavy atom. The number of unbranched alkanes of at least 4 members (excludes halogenated alkanes) is 2. The third-order valence-corrected chi connectivity index (χ3v) is 1.89. The number of nitrogens with one attached hydrogen (secondary N) is 1. The third-order valence-electron chi connectivity index (χ3n) is 1.89. The van der Waals surface area contributed by atoms with E-state index in [-0.39, 0.29) is 11.3 Å². The summed E-state index contributed by atoms with van der Waals surface area (Å²) in [4.78, 5) is 11.4. The second kappa shape index (κ2) is 6.82. The number of hydrogen-bond acceptors (Lipinski definition) is 2. The van der Waals surface area contributed by atoms with Crippen LogP contribution in [0.3, 0.4) is 0 Å². The highest BCUT2D eigenvalue weighted by molar-refractivity contribution is 5.76. The van der Waals surface area contributed by atoms with Gasteiger partial charge in [0.1, 0.15) is 0 Å². The van der Waals surface area contributed by atoms with Crippen LogP contribution >= 0.6 is 0 Å². The molecule has 0 aliphatic rings. The first-order valence-electron chi connectivity index (χ1n) is 5.42. The van der Waals surface area contributed by atoms with Crippen LogP contribution in [-0.2, 0) is 4.79 Å². The van der Waals surface area contributed by atoms with Crippen molar-refractivity contribution in [1.29, 1.82) is 0 Å². The summed E-state index contributed by atoms with van der Waals surface area (Å²) in [7, 11) is 0. The molecule has 3 heteroatoms. The molecule has 3 nitrogen and oxygen atoms in total. The molecule has 0 atom stereocenters. The van der Waals surface area contributed by atoms with Crippen molar-refractivity contribution < 1.29 is 4.79 Å². The summed E-state index contributed by atoms with van der Waals surface area (Å²) in [5, 5.41) is 2.92. The second-order valence-electron chi connectivity index (χ2n) is 4.94. The van der Waals surface area contributed by atoms with Gasteiger partial charge in [-0.15, -0.1) is 0 Å². The van der Waals surface area contributed by atoms with E-state index in [0.29, 0.717) is 6.42 Å². The van der Waals surface area contributed by atoms with Crippen LogP contribution < -0.4 is 11.1 Å². The summed E-state index contributed by atoms with van der Waals surface area (Å²) in [6, 6.07) is 0. The summed E-state index contributed by atoms with van der Waals surface area (Å²) < 4.78 is 0. The first-order valence-corrected chi connectivity index (χ1v) is 5.42. The maximum absolute atomic E-state index is 11.4. The Hall–Kier alpha value is -0.570. The molecular formula is C11H24N2O. The highest BCUT2D eigenvalue weighted by Crippen LogP contribution is 2.17. The third kappa shape index (κ3) is 9.52. The number of amides is 1. The molecule has 0 saturated carbocycles. The van der Waals surface area contributed by atoms with Gasteiger partial charge < -0.3 is 11.1 Å². The summed E-state index contributed by atoms with van der Waals surface area (Å²) in [6.45, 7) is 7.74. The standard InChI is InChI=1S/C11H24N2O/c1-11(2,3)9-10(14)13-8-6-4-5-7-12/h4-9,12H2,1-3H3,(H,13,14). The normalized spacial score (nSPS) is 11.4. The molecular weight excluding hydrogens is 176 g/mol. The minimum absolute atomic E-state index is 0.0847. The highest BCUT2D eigenvalue weighted by Gasteiger charge is 2.14. The fourth-order valence-electron chi connectivity index (χ4n) is 1.22. The Bertz CT molecular complexity index is 161. The molecule has 0 bridgehead atoms. The fraction of sp³-hybridized carbons (Fsp3) is 0.909. The lowest BCUT2D eigenvalue weighted by Gasteiger charge is -2.17. The van der Waals surface area contributed by atoms with Gasteiger partial charge in [0.2, 0.25) is 5.91 Å². The Balaban J connectivity index is 3.36. The van der Waals surface area contributed by atoms with Crippen molar-refractivity contribution in [3.63, 3.8) is 0 Å². The number of hydrogen-bond donors (Lipinski definition) is 2. The van der Waals surface area contributed by atoms with E-state index >= 15 is 0 Å². The van der Waals surface area contributed by atoms with Gasteiger partial charge in [-0.3, -0.25) is 4.79 Å². The van der Waals surface area contributed by atoms with Crippen molar-refractivity contribution in [2.45, 2.75) is 46.5 Å². The molecule has 0 aliphatic carbocycles. The van der Waals surface area contributed by atoms with Crippen LogP contribution in [0.4, 0.5) is 0 Å². The largest absolute Gasteiger partial charge is 0.356 e. The van der Waals surface area contributed by atoms with Crippen molar-refractivity contribution in [1.82, 2.24) is 5.32 Å². The van der Waals surface area contributed by atoms with Crippen LogP contribution in [0.2, 0.25) is 0 Å². The molecule has 0 spiro atoms. The van der Waals surface area contributed by atoms with Crippen LogP contribution in [0.1, 0.15) is 46.5 Å². The second-order valence-corrected chi connectivity index (χ2v) is 4.94. The first kappa shape index (κ1) is 13.4. The number of carbonyl (C=O) groups is 1. The molecule has 0 aliphatic heterocycles. The van der Waals surface area contributed by atoms with Crippen molar-refractivity contribution in [3.05, 3.63) is 0 Å². The van der Waals surface area contributed by atoms with Gasteiger partial charge in [0.15, 0.2) is 0 Å². The van der Waals surface area contributed by atoms with Crippen LogP contribution in [0.15, 0.2) is 0 Å². The van der Waals surface area contributed by atoms with Crippen LogP contribution in [0, 0.1) is 5.41 Å². The topological polar surface area (TPSA) is 55.1 Å². The zero-order chi connectivity index (χ0) is 11.0. The monoisotopic (exact) mass is 200 g/mol. The van der Waals surface area contributed by atoms with Gasteiger partial charge in [0.05, 0.1) is 0 Å². The molecule has 0 rings (SSSR count). The zero-order valence-corrected chi connectivity index (χ0v) is 9.73. The summed E-state index contributed by atoms with van der Waals surface area (Å²) >= 11 is 0. The lowest BCUT2D eigenvalue weighted by atomic mass is 9.92. The molecule has 0 aromatic rings. The van der Waals surface area contributed by atoms with E-state index in [9.17, 15) is 4.79 Å². The van der Waals surface area contributed by atoms with Gasteiger partial charge in [-0.25, -0.2) is 0 Å². The molecule has 1 amide bonds. The molecule has 0 saturated heterocycles. The molecule has 0 radical (unpaired) electrons. The molecule has 0 unspecified atom stereocenters. The van der Waals surface area contributed by atoms with Gasteiger partial charge in [-0.2, -0.15) is 0 Å². The zero-order valence-electron chi connectivity index (χ0n) is 9.73. The van der Waals surface area contributed by atoms with Gasteiger partial charge in [-0.05, 0) is 24.8 Å². The highest BCUT2D eigenvalue weighted by atomic mass is 16.1. The lowest BCUT2D eigenvalue weighted by molar-refractivity contribution is -0.122. The van der Waals surface area contributed by atoms with Gasteiger partial charge in [-0.1, -0.05) is 27.2 Å². The van der Waals surface area contributed by atoms with Crippen molar-refractivity contribution in [2.24, 2.45) is 11.1 Å². The molecule has 0 fully saturated rings. The predicted octanol–water partition coefficient (Wildman–Crippen LogP) is 1.67. The van der Waals surface area contributed by atoms with E-state index in [2.05, 4.69) is 26.1 Å². The van der Waals surface area contributed by atoms with E-state index in [1.165, 1.54) is 0 Å². The quantitative estimate of drug-likeness (QED) is 0.641. The van der Waals surface area contributed by atoms with Crippen LogP contribution in [-0.4, -0.2) is 19.0 Å². The minimum Gasteiger partial charge on any atom is -0.356 e. The van der Waals surface area contributed by atoms with Crippen molar-refractivity contribution >= 4 is 5.91 Å². The fourth-order valence-corrected chi connectivity index (χ4v) is 1.22. The summed E-state index contributed by atoms with van der Waals surface area (Å²) in [5.74, 6) is 0.158. The molecule has 14 heavy (non-hydrogen) atoms. The first-order chi connectivity index (χ1) is 6.45. The average Bonchev–Trinajstić information content (AvgIpc) is 2.00. The molecule has 0 aromatic carbocycles. The maximum atomic E-state index is 11.4. The Morgan fingerprint density at radius 2 is 1.86 bits per heavy atom. The van der Waals surface area contributed by atoms with E-state index in [1.54, 1.807) is 0 Å². The molecule has 84 valence electrons. The van der Waals surface area contributed by atoms with E-state index in [4.69, 9.17) is 5.73 Å². The minimum atomic E-state index is 0.0847. The van der Waals surface area contributed by atoms with Crippen LogP contribution in [0.5, 0.6) is 0 Å². The summed E-state index contributed by atoms with van der Waals surface area (Å²) in [6.07, 6.45) is 3.79. The SMILES string of the molecule is CC(C)(C)CC(=O)NCCCCCN. The van der Waals surface area contributed by atoms with Gasteiger partial charge in [0.25, 0.3) is 0 Å². The lowest BCUT2D eigenvalue weighted by Crippen LogP contribution is -2.28. The van der Waals surface area contributed by atoms with Gasteiger partial charge >= 0.3 is 0 Å². The van der Waals surface area contributed by atoms with Gasteiger partial charge in [0, 0.05) is 13.0 Å². The number of nitrogens with two attached hydrogens (primary N) is 1. The maximum Gasteiger partial charge on any atom is 0.220 e. The van der Waals surface area contributed by atoms with Crippen molar-refractivity contribution in [2.75, 3.05) is 13.1 Å². The molecule has 0 aromatic heterocycles. The summed E-state index contributed by atoms with van der Waals surface area (Å²) in [5.41, 5.74) is 5.45. The molecule has 3 N–H and O–H groups in total. The molecule has 0 heterocycles. The Morgan fingerprint density at radius 1 is 1.21 bits per heavy atom. The Kier molecular flexibility index (Phi) is 6.54. The van der Waals surface area contributed by atoms with E-state index in [1.807, 2.05) is 0 Å². The smallest absolute Gasteiger partial charge is 0.220 e. The van der Waals surface area contributed by atoms with Crippen LogP contribution in [0.25, 0.3) is 0 Å². The van der Waals surface area contributed by atoms with E-state index < -0.39 is 0 Å². The number of carbonyl (C=O) groups excluding carboxylic acids is 1. The average molecular weight is 200 g/mol. The predicted molar refractivity (Wildman–Crippen MR) is 60.0 cm³/mol. The Labute approximate surface area is 87.4 Å². The van der Waals surface area contributed by atoms with E-state index in [0.717, 1.165) is 32.4 Å². The van der Waals surface area contributed by atoms with Crippen molar-refractivity contribution in [3.8, 4) is 0 Å². The number of rotatable bonds is 6.